The summed E-state index contributed by atoms with van der Waals surface area (Å²) in [7, 11) is 1.34. The van der Waals surface area contributed by atoms with Crippen molar-refractivity contribution in [1.29, 1.82) is 0 Å². The number of carbonyl (C=O) groups excluding carboxylic acids is 1. The van der Waals surface area contributed by atoms with Crippen molar-refractivity contribution in [2.24, 2.45) is 0 Å². The number of pyridine rings is 1. The molecular weight excluding hydrogens is 355 g/mol. The molecule has 0 saturated carbocycles. The van der Waals surface area contributed by atoms with Crippen LogP contribution in [0.4, 0.5) is 10.1 Å². The van der Waals surface area contributed by atoms with E-state index >= 15 is 0 Å². The molecule has 0 spiro atoms. The average molecular weight is 372 g/mol. The van der Waals surface area contributed by atoms with Gasteiger partial charge in [-0.05, 0) is 24.6 Å². The third kappa shape index (κ3) is 3.57. The van der Waals surface area contributed by atoms with Crippen LogP contribution in [0, 0.1) is 5.82 Å². The van der Waals surface area contributed by atoms with Crippen molar-refractivity contribution in [3.63, 3.8) is 0 Å². The van der Waals surface area contributed by atoms with Crippen molar-refractivity contribution >= 4 is 22.6 Å². The summed E-state index contributed by atoms with van der Waals surface area (Å²) in [5, 5.41) is 2.65. The van der Waals surface area contributed by atoms with Gasteiger partial charge in [0.1, 0.15) is 5.65 Å². The minimum atomic E-state index is -0.625. The summed E-state index contributed by atoms with van der Waals surface area (Å²) in [6.07, 6.45) is 1.94. The Morgan fingerprint density at radius 2 is 2.11 bits per heavy atom. The van der Waals surface area contributed by atoms with Gasteiger partial charge in [-0.2, -0.15) is 0 Å². The largest absolute Gasteiger partial charge is 0.494 e. The van der Waals surface area contributed by atoms with E-state index < -0.39 is 23.0 Å². The maximum atomic E-state index is 13.8. The van der Waals surface area contributed by atoms with E-state index in [0.717, 1.165) is 6.07 Å². The number of aryl methyl sites for hydroxylation is 1. The molecule has 3 rings (SSSR count). The van der Waals surface area contributed by atoms with Crippen LogP contribution >= 0.6 is 0 Å². The zero-order valence-electron chi connectivity index (χ0n) is 14.7. The van der Waals surface area contributed by atoms with E-state index in [9.17, 15) is 18.8 Å². The second-order valence-electron chi connectivity index (χ2n) is 5.81. The highest BCUT2D eigenvalue weighted by molar-refractivity contribution is 6.05. The average Bonchev–Trinajstić information content (AvgIpc) is 2.65. The molecule has 3 aromatic rings. The first-order valence-electron chi connectivity index (χ1n) is 8.22. The van der Waals surface area contributed by atoms with E-state index in [1.165, 1.54) is 36.1 Å². The molecule has 0 aliphatic rings. The second kappa shape index (κ2) is 7.40. The molecule has 0 radical (unpaired) electrons. The van der Waals surface area contributed by atoms with Crippen molar-refractivity contribution in [1.82, 2.24) is 14.5 Å². The van der Waals surface area contributed by atoms with Gasteiger partial charge >= 0.3 is 5.69 Å². The Morgan fingerprint density at radius 1 is 1.33 bits per heavy atom. The first kappa shape index (κ1) is 18.3. The predicted octanol–water partition coefficient (Wildman–Crippen LogP) is 1.89. The third-order valence-electron chi connectivity index (χ3n) is 3.95. The number of H-pyrrole nitrogens is 1. The van der Waals surface area contributed by atoms with Crippen molar-refractivity contribution in [3.05, 3.63) is 62.7 Å². The number of rotatable bonds is 5. The first-order valence-corrected chi connectivity index (χ1v) is 8.22. The molecule has 0 unspecified atom stereocenters. The Hall–Kier alpha value is -3.49. The number of fused-ring (bicyclic) bond motifs is 1. The number of hydrogen-bond acceptors (Lipinski definition) is 5. The second-order valence-corrected chi connectivity index (χ2v) is 5.81. The highest BCUT2D eigenvalue weighted by Crippen LogP contribution is 2.21. The number of nitrogens with zero attached hydrogens (tertiary/aromatic N) is 2. The fourth-order valence-electron chi connectivity index (χ4n) is 2.67. The Kier molecular flexibility index (Phi) is 5.02. The molecule has 1 amide bonds. The minimum absolute atomic E-state index is 0.0563. The SMILES string of the molecule is CCCn1c(=O)[nH]c(=O)c2cc(C(=O)Nc3ccc(OC)c(F)c3)cnc21. The number of aromatic nitrogens is 3. The van der Waals surface area contributed by atoms with Gasteiger partial charge < -0.3 is 10.1 Å². The molecule has 2 N–H and O–H groups in total. The smallest absolute Gasteiger partial charge is 0.329 e. The lowest BCUT2D eigenvalue weighted by Crippen LogP contribution is -2.31. The fourth-order valence-corrected chi connectivity index (χ4v) is 2.67. The van der Waals surface area contributed by atoms with Gasteiger partial charge in [0, 0.05) is 24.5 Å². The Morgan fingerprint density at radius 3 is 2.78 bits per heavy atom. The summed E-state index contributed by atoms with van der Waals surface area (Å²) in [4.78, 5) is 42.8. The topological polar surface area (TPSA) is 106 Å². The third-order valence-corrected chi connectivity index (χ3v) is 3.95. The van der Waals surface area contributed by atoms with Crippen molar-refractivity contribution in [2.75, 3.05) is 12.4 Å². The maximum absolute atomic E-state index is 13.8. The molecule has 1 aromatic carbocycles. The van der Waals surface area contributed by atoms with Gasteiger partial charge in [-0.1, -0.05) is 6.92 Å². The van der Waals surface area contributed by atoms with Gasteiger partial charge in [0.05, 0.1) is 18.1 Å². The van der Waals surface area contributed by atoms with E-state index in [0.29, 0.717) is 13.0 Å². The standard InChI is InChI=1S/C18H17FN4O4/c1-3-6-23-15-12(17(25)22-18(23)26)7-10(9-20-15)16(24)21-11-4-5-14(27-2)13(19)8-11/h4-5,7-9H,3,6H2,1-2H3,(H,21,24)(H,22,25,26). The minimum Gasteiger partial charge on any atom is -0.494 e. The van der Waals surface area contributed by atoms with Gasteiger partial charge in [-0.3, -0.25) is 19.1 Å². The molecule has 0 bridgehead atoms. The van der Waals surface area contributed by atoms with Crippen LogP contribution < -0.4 is 21.3 Å². The van der Waals surface area contributed by atoms with Crippen LogP contribution in [0.25, 0.3) is 11.0 Å². The van der Waals surface area contributed by atoms with Crippen LogP contribution in [0.1, 0.15) is 23.7 Å². The normalized spacial score (nSPS) is 10.8. The Bertz CT molecular complexity index is 1140. The highest BCUT2D eigenvalue weighted by atomic mass is 19.1. The molecule has 2 aromatic heterocycles. The summed E-state index contributed by atoms with van der Waals surface area (Å²) in [5.74, 6) is -1.13. The van der Waals surface area contributed by atoms with Crippen molar-refractivity contribution in [2.45, 2.75) is 19.9 Å². The molecule has 0 fully saturated rings. The lowest BCUT2D eigenvalue weighted by Gasteiger charge is -2.10. The summed E-state index contributed by atoms with van der Waals surface area (Å²) < 4.78 is 19.9. The number of halogens is 1. The number of aromatic amines is 1. The van der Waals surface area contributed by atoms with E-state index in [4.69, 9.17) is 4.74 Å². The number of nitrogens with one attached hydrogen (secondary N) is 2. The summed E-state index contributed by atoms with van der Waals surface area (Å²) >= 11 is 0. The van der Waals surface area contributed by atoms with Crippen LogP contribution in [0.15, 0.2) is 40.1 Å². The molecule has 27 heavy (non-hydrogen) atoms. The number of ether oxygens (including phenoxy) is 1. The van der Waals surface area contributed by atoms with Gasteiger partial charge in [0.15, 0.2) is 11.6 Å². The Labute approximate surface area is 152 Å². The van der Waals surface area contributed by atoms with Gasteiger partial charge in [-0.15, -0.1) is 0 Å². The monoisotopic (exact) mass is 372 g/mol. The number of hydrogen-bond donors (Lipinski definition) is 2. The van der Waals surface area contributed by atoms with E-state index in [1.54, 1.807) is 0 Å². The molecule has 0 atom stereocenters. The summed E-state index contributed by atoms with van der Waals surface area (Å²) in [6.45, 7) is 2.27. The molecule has 0 aliphatic carbocycles. The summed E-state index contributed by atoms with van der Waals surface area (Å²) in [6, 6.07) is 5.34. The number of amides is 1. The molecule has 9 heteroatoms. The highest BCUT2D eigenvalue weighted by Gasteiger charge is 2.14. The molecule has 0 aliphatic heterocycles. The molecule has 140 valence electrons. The van der Waals surface area contributed by atoms with Gasteiger partial charge in [0.25, 0.3) is 11.5 Å². The van der Waals surface area contributed by atoms with E-state index in [2.05, 4.69) is 15.3 Å². The number of methoxy groups -OCH3 is 1. The predicted molar refractivity (Wildman–Crippen MR) is 97.8 cm³/mol. The maximum Gasteiger partial charge on any atom is 0.329 e. The van der Waals surface area contributed by atoms with Gasteiger partial charge in [0.2, 0.25) is 0 Å². The zero-order valence-corrected chi connectivity index (χ0v) is 14.7. The molecule has 0 saturated heterocycles. The number of benzene rings is 1. The molecular formula is C18H17FN4O4. The number of anilines is 1. The van der Waals surface area contributed by atoms with E-state index in [-0.39, 0.29) is 28.0 Å². The molecule has 8 nitrogen and oxygen atoms in total. The Balaban J connectivity index is 1.97. The van der Waals surface area contributed by atoms with Crippen LogP contribution in [-0.4, -0.2) is 27.6 Å². The van der Waals surface area contributed by atoms with Crippen LogP contribution in [-0.2, 0) is 6.54 Å². The van der Waals surface area contributed by atoms with Crippen LogP contribution in [0.3, 0.4) is 0 Å². The van der Waals surface area contributed by atoms with Gasteiger partial charge in [-0.25, -0.2) is 14.2 Å². The first-order chi connectivity index (χ1) is 12.9. The van der Waals surface area contributed by atoms with E-state index in [1.807, 2.05) is 6.92 Å². The zero-order chi connectivity index (χ0) is 19.6. The lowest BCUT2D eigenvalue weighted by atomic mass is 10.2. The van der Waals surface area contributed by atoms with Crippen molar-refractivity contribution in [3.8, 4) is 5.75 Å². The molecule has 2 heterocycles. The number of carbonyl (C=O) groups is 1. The lowest BCUT2D eigenvalue weighted by molar-refractivity contribution is 0.102. The van der Waals surface area contributed by atoms with Crippen LogP contribution in [0.5, 0.6) is 5.75 Å². The summed E-state index contributed by atoms with van der Waals surface area (Å²) in [5.41, 5.74) is -0.639. The quantitative estimate of drug-likeness (QED) is 0.711. The fraction of sp³-hybridized carbons (Fsp3) is 0.222. The van der Waals surface area contributed by atoms with Crippen molar-refractivity contribution < 1.29 is 13.9 Å². The van der Waals surface area contributed by atoms with Crippen LogP contribution in [0.2, 0.25) is 0 Å².